The number of hydrogen-bond donors (Lipinski definition) is 2. The first-order valence-electron chi connectivity index (χ1n) is 12.2. The maximum Gasteiger partial charge on any atom is 0.336 e. The zero-order chi connectivity index (χ0) is 28.2. The van der Waals surface area contributed by atoms with Crippen molar-refractivity contribution in [3.8, 4) is 5.69 Å². The van der Waals surface area contributed by atoms with Gasteiger partial charge in [-0.05, 0) is 60.2 Å². The summed E-state index contributed by atoms with van der Waals surface area (Å²) in [6, 6.07) is 21.2. The van der Waals surface area contributed by atoms with Gasteiger partial charge in [0.15, 0.2) is 0 Å². The molecule has 202 valence electrons. The predicted octanol–water partition coefficient (Wildman–Crippen LogP) is 4.55. The second kappa shape index (κ2) is 11.6. The number of furan rings is 1. The van der Waals surface area contributed by atoms with Crippen LogP contribution in [-0.4, -0.2) is 20.9 Å². The van der Waals surface area contributed by atoms with E-state index in [1.165, 1.54) is 29.0 Å². The normalized spacial score (nSPS) is 10.9. The molecule has 0 aliphatic carbocycles. The molecule has 2 N–H and O–H groups in total. The van der Waals surface area contributed by atoms with Crippen molar-refractivity contribution in [1.29, 1.82) is 0 Å². The van der Waals surface area contributed by atoms with Gasteiger partial charge in [0.1, 0.15) is 12.3 Å². The van der Waals surface area contributed by atoms with Crippen LogP contribution in [0.5, 0.6) is 0 Å². The summed E-state index contributed by atoms with van der Waals surface area (Å²) in [6.07, 6.45) is 1.64. The van der Waals surface area contributed by atoms with E-state index in [0.29, 0.717) is 38.3 Å². The van der Waals surface area contributed by atoms with Gasteiger partial charge in [-0.2, -0.15) is 0 Å². The van der Waals surface area contributed by atoms with Gasteiger partial charge in [0, 0.05) is 15.7 Å². The molecule has 0 saturated carbocycles. The number of nitrogens with zero attached hydrogens (tertiary/aromatic N) is 2. The smallest absolute Gasteiger partial charge is 0.336 e. The van der Waals surface area contributed by atoms with Crippen LogP contribution >= 0.6 is 23.2 Å². The molecule has 0 unspecified atom stereocenters. The number of amides is 2. The van der Waals surface area contributed by atoms with E-state index >= 15 is 0 Å². The molecule has 2 aromatic heterocycles. The van der Waals surface area contributed by atoms with Crippen molar-refractivity contribution in [1.82, 2.24) is 14.5 Å². The Morgan fingerprint density at radius 2 is 1.57 bits per heavy atom. The second-order valence-corrected chi connectivity index (χ2v) is 9.80. The standard InChI is InChI=1S/C29H22Cl2N4O5/c30-19-13-20(31)15-21(14-19)33-27(37)17-34-25-6-2-1-5-24(25)28(38)35(29(34)39)22-9-7-18(8-10-22)12-26(36)32-16-23-4-3-11-40-23/h1-11,13-15H,12,16-17H2,(H,32,36)(H,33,37). The summed E-state index contributed by atoms with van der Waals surface area (Å²) in [4.78, 5) is 52.2. The maximum atomic E-state index is 13.6. The van der Waals surface area contributed by atoms with Crippen LogP contribution in [0, 0.1) is 0 Å². The van der Waals surface area contributed by atoms with E-state index in [1.54, 1.807) is 60.7 Å². The van der Waals surface area contributed by atoms with Crippen LogP contribution in [0.15, 0.2) is 99.1 Å². The number of carbonyl (C=O) groups excluding carboxylic acids is 2. The summed E-state index contributed by atoms with van der Waals surface area (Å²) in [6.45, 7) is -0.0917. The Balaban J connectivity index is 1.42. The van der Waals surface area contributed by atoms with E-state index in [0.717, 1.165) is 4.57 Å². The highest BCUT2D eigenvalue weighted by atomic mass is 35.5. The zero-order valence-corrected chi connectivity index (χ0v) is 22.4. The lowest BCUT2D eigenvalue weighted by atomic mass is 10.1. The molecule has 0 aliphatic heterocycles. The third-order valence-electron chi connectivity index (χ3n) is 6.10. The third kappa shape index (κ3) is 6.01. The molecule has 5 rings (SSSR count). The summed E-state index contributed by atoms with van der Waals surface area (Å²) in [7, 11) is 0. The topological polar surface area (TPSA) is 115 Å². The van der Waals surface area contributed by atoms with E-state index in [1.807, 2.05) is 0 Å². The minimum Gasteiger partial charge on any atom is -0.467 e. The SMILES string of the molecule is O=C(Cc1ccc(-n2c(=O)c3ccccc3n(CC(=O)Nc3cc(Cl)cc(Cl)c3)c2=O)cc1)NCc1ccco1. The number of para-hydroxylation sites is 1. The Morgan fingerprint density at radius 3 is 2.27 bits per heavy atom. The summed E-state index contributed by atoms with van der Waals surface area (Å²) in [5, 5.41) is 6.41. The number of nitrogens with one attached hydrogen (secondary N) is 2. The van der Waals surface area contributed by atoms with Crippen LogP contribution in [0.4, 0.5) is 5.69 Å². The lowest BCUT2D eigenvalue weighted by Gasteiger charge is -2.15. The fourth-order valence-corrected chi connectivity index (χ4v) is 4.81. The van der Waals surface area contributed by atoms with Gasteiger partial charge in [-0.1, -0.05) is 47.5 Å². The van der Waals surface area contributed by atoms with Gasteiger partial charge < -0.3 is 15.1 Å². The molecule has 0 aliphatic rings. The van der Waals surface area contributed by atoms with Crippen molar-refractivity contribution in [2.24, 2.45) is 0 Å². The lowest BCUT2D eigenvalue weighted by Crippen LogP contribution is -2.40. The molecule has 0 radical (unpaired) electrons. The predicted molar refractivity (Wildman–Crippen MR) is 153 cm³/mol. The van der Waals surface area contributed by atoms with Crippen LogP contribution in [0.3, 0.4) is 0 Å². The Kier molecular flexibility index (Phi) is 7.86. The van der Waals surface area contributed by atoms with Crippen LogP contribution in [0.25, 0.3) is 16.6 Å². The summed E-state index contributed by atoms with van der Waals surface area (Å²) in [5.41, 5.74) is 0.468. The highest BCUT2D eigenvalue weighted by molar-refractivity contribution is 6.35. The molecule has 0 atom stereocenters. The van der Waals surface area contributed by atoms with Gasteiger partial charge in [-0.25, -0.2) is 9.36 Å². The molecule has 3 aromatic carbocycles. The molecular weight excluding hydrogens is 555 g/mol. The average Bonchev–Trinajstić information content (AvgIpc) is 3.44. The monoisotopic (exact) mass is 576 g/mol. The highest BCUT2D eigenvalue weighted by Crippen LogP contribution is 2.22. The first kappa shape index (κ1) is 27.0. The minimum absolute atomic E-state index is 0.103. The molecule has 0 spiro atoms. The number of halogens is 2. The summed E-state index contributed by atoms with van der Waals surface area (Å²) >= 11 is 12.0. The number of carbonyl (C=O) groups is 2. The van der Waals surface area contributed by atoms with Crippen molar-refractivity contribution < 1.29 is 14.0 Å². The fourth-order valence-electron chi connectivity index (χ4n) is 4.28. The van der Waals surface area contributed by atoms with Crippen LogP contribution in [0.2, 0.25) is 10.0 Å². The third-order valence-corrected chi connectivity index (χ3v) is 6.53. The fraction of sp³-hybridized carbons (Fsp3) is 0.103. The van der Waals surface area contributed by atoms with E-state index in [4.69, 9.17) is 27.6 Å². The Labute approximate surface area is 237 Å². The quantitative estimate of drug-likeness (QED) is 0.281. The second-order valence-electron chi connectivity index (χ2n) is 8.93. The summed E-state index contributed by atoms with van der Waals surface area (Å²) < 4.78 is 7.45. The van der Waals surface area contributed by atoms with E-state index in [-0.39, 0.29) is 30.8 Å². The van der Waals surface area contributed by atoms with Gasteiger partial charge in [-0.3, -0.25) is 19.0 Å². The number of hydrogen-bond acceptors (Lipinski definition) is 5. The summed E-state index contributed by atoms with van der Waals surface area (Å²) in [5.74, 6) is -0.0752. The molecule has 0 bridgehead atoms. The molecule has 2 amide bonds. The van der Waals surface area contributed by atoms with Gasteiger partial charge in [0.05, 0.1) is 35.8 Å². The number of aromatic nitrogens is 2. The van der Waals surface area contributed by atoms with Gasteiger partial charge >= 0.3 is 5.69 Å². The van der Waals surface area contributed by atoms with Crippen molar-refractivity contribution in [3.05, 3.63) is 127 Å². The number of anilines is 1. The Bertz CT molecular complexity index is 1810. The largest absolute Gasteiger partial charge is 0.467 e. The highest BCUT2D eigenvalue weighted by Gasteiger charge is 2.17. The van der Waals surface area contributed by atoms with Gasteiger partial charge in [0.25, 0.3) is 5.56 Å². The van der Waals surface area contributed by atoms with Crippen molar-refractivity contribution >= 4 is 51.6 Å². The van der Waals surface area contributed by atoms with E-state index < -0.39 is 17.2 Å². The number of rotatable bonds is 8. The zero-order valence-electron chi connectivity index (χ0n) is 20.9. The van der Waals surface area contributed by atoms with Crippen molar-refractivity contribution in [3.63, 3.8) is 0 Å². The lowest BCUT2D eigenvalue weighted by molar-refractivity contribution is -0.120. The Hall–Kier alpha value is -4.60. The molecule has 0 fully saturated rings. The van der Waals surface area contributed by atoms with Crippen molar-refractivity contribution in [2.45, 2.75) is 19.5 Å². The molecule has 9 nitrogen and oxygen atoms in total. The van der Waals surface area contributed by atoms with Crippen LogP contribution in [0.1, 0.15) is 11.3 Å². The van der Waals surface area contributed by atoms with Crippen LogP contribution < -0.4 is 21.9 Å². The number of fused-ring (bicyclic) bond motifs is 1. The first-order chi connectivity index (χ1) is 19.3. The average molecular weight is 577 g/mol. The first-order valence-corrected chi connectivity index (χ1v) is 12.9. The maximum absolute atomic E-state index is 13.6. The molecule has 11 heteroatoms. The van der Waals surface area contributed by atoms with Gasteiger partial charge in [-0.15, -0.1) is 0 Å². The van der Waals surface area contributed by atoms with E-state index in [2.05, 4.69) is 10.6 Å². The van der Waals surface area contributed by atoms with Crippen molar-refractivity contribution in [2.75, 3.05) is 5.32 Å². The molecule has 40 heavy (non-hydrogen) atoms. The van der Waals surface area contributed by atoms with Gasteiger partial charge in [0.2, 0.25) is 11.8 Å². The molecule has 0 saturated heterocycles. The van der Waals surface area contributed by atoms with E-state index in [9.17, 15) is 19.2 Å². The minimum atomic E-state index is -0.688. The molecule has 2 heterocycles. The molecule has 5 aromatic rings. The number of benzene rings is 3. The Morgan fingerprint density at radius 1 is 0.850 bits per heavy atom. The van der Waals surface area contributed by atoms with Crippen LogP contribution in [-0.2, 0) is 29.1 Å². The molecular formula is C29H22Cl2N4O5.